The molecule has 5 nitrogen and oxygen atoms in total. The van der Waals surface area contributed by atoms with Crippen LogP contribution < -0.4 is 4.72 Å². The summed E-state index contributed by atoms with van der Waals surface area (Å²) in [6, 6.07) is 14.7. The Bertz CT molecular complexity index is 962. The molecule has 2 aromatic carbocycles. The highest BCUT2D eigenvalue weighted by atomic mass is 32.2. The van der Waals surface area contributed by atoms with Gasteiger partial charge in [0.2, 0.25) is 10.0 Å². The molecule has 1 aromatic heterocycles. The Morgan fingerprint density at radius 2 is 1.88 bits per heavy atom. The predicted molar refractivity (Wildman–Crippen MR) is 96.2 cm³/mol. The second-order valence-electron chi connectivity index (χ2n) is 5.75. The maximum Gasteiger partial charge on any atom is 0.236 e. The predicted octanol–water partition coefficient (Wildman–Crippen LogP) is 3.64. The lowest BCUT2D eigenvalue weighted by Crippen LogP contribution is -2.15. The molecular weight excluding hydrogens is 322 g/mol. The lowest BCUT2D eigenvalue weighted by atomic mass is 10.1. The number of rotatable bonds is 5. The second kappa shape index (κ2) is 6.49. The normalized spacial score (nSPS) is 11.4. The third-order valence-electron chi connectivity index (χ3n) is 3.76. The Balaban J connectivity index is 1.81. The molecule has 24 heavy (non-hydrogen) atoms. The van der Waals surface area contributed by atoms with Crippen LogP contribution in [0, 0.1) is 13.8 Å². The Morgan fingerprint density at radius 1 is 1.08 bits per heavy atom. The third kappa shape index (κ3) is 3.83. The van der Waals surface area contributed by atoms with E-state index in [9.17, 15) is 8.42 Å². The lowest BCUT2D eigenvalue weighted by Gasteiger charge is -2.10. The number of hydrogen-bond acceptors (Lipinski definition) is 3. The molecule has 0 bridgehead atoms. The zero-order valence-electron chi connectivity index (χ0n) is 13.6. The molecular formula is C18H19N3O2S. The number of sulfonamides is 1. The van der Waals surface area contributed by atoms with Gasteiger partial charge in [-0.15, -0.1) is 0 Å². The number of aromatic nitrogens is 2. The van der Waals surface area contributed by atoms with Gasteiger partial charge in [-0.1, -0.05) is 36.4 Å². The van der Waals surface area contributed by atoms with Gasteiger partial charge < -0.3 is 4.98 Å². The van der Waals surface area contributed by atoms with Crippen LogP contribution in [0.15, 0.2) is 54.7 Å². The van der Waals surface area contributed by atoms with Gasteiger partial charge in [-0.2, -0.15) is 0 Å². The third-order valence-corrected chi connectivity index (χ3v) is 4.99. The first-order valence-electron chi connectivity index (χ1n) is 7.60. The summed E-state index contributed by atoms with van der Waals surface area (Å²) >= 11 is 0. The highest BCUT2D eigenvalue weighted by Crippen LogP contribution is 2.22. The number of nitrogens with zero attached hydrogens (tertiary/aromatic N) is 1. The van der Waals surface area contributed by atoms with E-state index in [-0.39, 0.29) is 5.75 Å². The van der Waals surface area contributed by atoms with Crippen molar-refractivity contribution in [3.05, 3.63) is 71.7 Å². The number of aromatic amines is 1. The van der Waals surface area contributed by atoms with Crippen LogP contribution in [0.5, 0.6) is 0 Å². The first-order valence-corrected chi connectivity index (χ1v) is 9.25. The molecule has 0 amide bonds. The van der Waals surface area contributed by atoms with Crippen LogP contribution >= 0.6 is 0 Å². The van der Waals surface area contributed by atoms with Crippen molar-refractivity contribution in [2.75, 3.05) is 4.72 Å². The van der Waals surface area contributed by atoms with Gasteiger partial charge in [0.25, 0.3) is 0 Å². The maximum atomic E-state index is 12.4. The molecule has 0 saturated carbocycles. The van der Waals surface area contributed by atoms with Crippen LogP contribution in [0.25, 0.3) is 11.3 Å². The van der Waals surface area contributed by atoms with Crippen molar-refractivity contribution >= 4 is 15.7 Å². The largest absolute Gasteiger partial charge is 0.342 e. The van der Waals surface area contributed by atoms with Crippen LogP contribution in [-0.4, -0.2) is 18.4 Å². The average molecular weight is 341 g/mol. The fourth-order valence-electron chi connectivity index (χ4n) is 2.51. The van der Waals surface area contributed by atoms with E-state index in [0.717, 1.165) is 28.2 Å². The molecule has 0 fully saturated rings. The first kappa shape index (κ1) is 16.3. The standard InChI is InChI=1S/C18H19N3O2S/c1-13-6-3-4-7-16(13)12-24(22,23)21-17-9-5-8-15(10-17)18-11-19-14(2)20-18/h3-11,21H,12H2,1-2H3,(H,19,20). The highest BCUT2D eigenvalue weighted by Gasteiger charge is 2.13. The molecule has 1 heterocycles. The minimum absolute atomic E-state index is 0.0485. The zero-order valence-corrected chi connectivity index (χ0v) is 14.4. The van der Waals surface area contributed by atoms with Gasteiger partial charge in [0, 0.05) is 11.3 Å². The summed E-state index contributed by atoms with van der Waals surface area (Å²) in [5.41, 5.74) is 4.03. The summed E-state index contributed by atoms with van der Waals surface area (Å²) in [6.45, 7) is 3.78. The van der Waals surface area contributed by atoms with Gasteiger partial charge in [0.15, 0.2) is 0 Å². The van der Waals surface area contributed by atoms with Gasteiger partial charge in [0.1, 0.15) is 5.82 Å². The smallest absolute Gasteiger partial charge is 0.236 e. The monoisotopic (exact) mass is 341 g/mol. The van der Waals surface area contributed by atoms with Gasteiger partial charge >= 0.3 is 0 Å². The van der Waals surface area contributed by atoms with Crippen LogP contribution in [0.4, 0.5) is 5.69 Å². The molecule has 3 aromatic rings. The van der Waals surface area contributed by atoms with Crippen LogP contribution in [0.1, 0.15) is 17.0 Å². The van der Waals surface area contributed by atoms with E-state index in [0.29, 0.717) is 5.69 Å². The molecule has 0 spiro atoms. The number of imidazole rings is 1. The number of benzene rings is 2. The molecule has 0 aliphatic rings. The number of anilines is 1. The van der Waals surface area contributed by atoms with Gasteiger partial charge in [-0.25, -0.2) is 13.4 Å². The molecule has 0 saturated heterocycles. The number of nitrogens with one attached hydrogen (secondary N) is 2. The molecule has 124 valence electrons. The molecule has 3 rings (SSSR count). The quantitative estimate of drug-likeness (QED) is 0.744. The Morgan fingerprint density at radius 3 is 2.58 bits per heavy atom. The molecule has 2 N–H and O–H groups in total. The lowest BCUT2D eigenvalue weighted by molar-refractivity contribution is 0.600. The number of H-pyrrole nitrogens is 1. The van der Waals surface area contributed by atoms with Crippen LogP contribution in [-0.2, 0) is 15.8 Å². The Kier molecular flexibility index (Phi) is 4.40. The van der Waals surface area contributed by atoms with E-state index in [1.165, 1.54) is 0 Å². The summed E-state index contributed by atoms with van der Waals surface area (Å²) in [5, 5.41) is 0. The van der Waals surface area contributed by atoms with Gasteiger partial charge in [-0.05, 0) is 37.1 Å². The van der Waals surface area contributed by atoms with Crippen molar-refractivity contribution in [3.63, 3.8) is 0 Å². The van der Waals surface area contributed by atoms with E-state index in [2.05, 4.69) is 14.7 Å². The summed E-state index contributed by atoms with van der Waals surface area (Å²) in [5.74, 6) is 0.767. The van der Waals surface area contributed by atoms with Crippen molar-refractivity contribution in [2.24, 2.45) is 0 Å². The van der Waals surface area contributed by atoms with Crippen LogP contribution in [0.3, 0.4) is 0 Å². The van der Waals surface area contributed by atoms with Crippen LogP contribution in [0.2, 0.25) is 0 Å². The van der Waals surface area contributed by atoms with Gasteiger partial charge in [-0.3, -0.25) is 4.72 Å². The van der Waals surface area contributed by atoms with Gasteiger partial charge in [0.05, 0.1) is 17.6 Å². The molecule has 0 aliphatic carbocycles. The number of aryl methyl sites for hydroxylation is 2. The molecule has 6 heteroatoms. The summed E-state index contributed by atoms with van der Waals surface area (Å²) < 4.78 is 27.5. The van der Waals surface area contributed by atoms with Crippen molar-refractivity contribution in [1.82, 2.24) is 9.97 Å². The maximum absolute atomic E-state index is 12.4. The molecule has 0 aliphatic heterocycles. The highest BCUT2D eigenvalue weighted by molar-refractivity contribution is 7.91. The minimum atomic E-state index is -3.48. The van der Waals surface area contributed by atoms with Crippen molar-refractivity contribution in [3.8, 4) is 11.3 Å². The Labute approximate surface area is 141 Å². The molecule has 0 unspecified atom stereocenters. The summed E-state index contributed by atoms with van der Waals surface area (Å²) in [4.78, 5) is 7.31. The van der Waals surface area contributed by atoms with Crippen molar-refractivity contribution in [2.45, 2.75) is 19.6 Å². The average Bonchev–Trinajstić information content (AvgIpc) is 2.96. The summed E-state index contributed by atoms with van der Waals surface area (Å²) in [7, 11) is -3.48. The minimum Gasteiger partial charge on any atom is -0.342 e. The second-order valence-corrected chi connectivity index (χ2v) is 7.47. The zero-order chi connectivity index (χ0) is 17.2. The first-order chi connectivity index (χ1) is 11.4. The van der Waals surface area contributed by atoms with Crippen molar-refractivity contribution in [1.29, 1.82) is 0 Å². The Hall–Kier alpha value is -2.60. The number of hydrogen-bond donors (Lipinski definition) is 2. The molecule has 0 radical (unpaired) electrons. The fourth-order valence-corrected chi connectivity index (χ4v) is 3.80. The van der Waals surface area contributed by atoms with E-state index < -0.39 is 10.0 Å². The van der Waals surface area contributed by atoms with E-state index in [1.54, 1.807) is 18.3 Å². The summed E-state index contributed by atoms with van der Waals surface area (Å²) in [6.07, 6.45) is 1.73. The topological polar surface area (TPSA) is 74.8 Å². The van der Waals surface area contributed by atoms with E-state index in [4.69, 9.17) is 0 Å². The molecule has 0 atom stereocenters. The fraction of sp³-hybridized carbons (Fsp3) is 0.167. The van der Waals surface area contributed by atoms with E-state index >= 15 is 0 Å². The van der Waals surface area contributed by atoms with Crippen molar-refractivity contribution < 1.29 is 8.42 Å². The SMILES string of the molecule is Cc1ncc(-c2cccc(NS(=O)(=O)Cc3ccccc3C)c2)[nH]1. The van der Waals surface area contributed by atoms with E-state index in [1.807, 2.05) is 50.2 Å².